The normalized spacial score (nSPS) is 15.8. The van der Waals surface area contributed by atoms with Crippen LogP contribution in [0.15, 0.2) is 71.7 Å². The Hall–Kier alpha value is -4.47. The van der Waals surface area contributed by atoms with E-state index in [1.165, 1.54) is 7.11 Å². The lowest BCUT2D eigenvalue weighted by molar-refractivity contribution is -0.119. The Kier molecular flexibility index (Phi) is 7.06. The summed E-state index contributed by atoms with van der Waals surface area (Å²) in [6, 6.07) is 20.7. The van der Waals surface area contributed by atoms with Crippen molar-refractivity contribution in [1.82, 2.24) is 15.2 Å². The summed E-state index contributed by atoms with van der Waals surface area (Å²) in [7, 11) is 1.34. The molecule has 204 valence electrons. The first-order chi connectivity index (χ1) is 19.5. The van der Waals surface area contributed by atoms with Crippen LogP contribution < -0.4 is 10.2 Å². The quantitative estimate of drug-likeness (QED) is 0.256. The lowest BCUT2D eigenvalue weighted by Gasteiger charge is -2.28. The van der Waals surface area contributed by atoms with Gasteiger partial charge in [0.2, 0.25) is 5.91 Å². The van der Waals surface area contributed by atoms with Crippen LogP contribution in [0.25, 0.3) is 10.9 Å². The highest BCUT2D eigenvalue weighted by atomic mass is 16.5. The molecule has 9 nitrogen and oxygen atoms in total. The standard InChI is InChI=1S/C31H31N5O4/c1-40-31(39)22-7-9-24-25(18-22)34-30(38)28(24)29(20-5-3-2-4-6-20)33-23-8-10-26-21(17-23)11-14-36(26)27(37)19-35-15-12-32-13-16-35/h2-10,17-18,32,34,38H,11-16,19H2,1H3. The average molecular weight is 538 g/mol. The predicted molar refractivity (Wildman–Crippen MR) is 155 cm³/mol. The second-order valence-corrected chi connectivity index (χ2v) is 10.1. The number of nitrogens with one attached hydrogen (secondary N) is 2. The summed E-state index contributed by atoms with van der Waals surface area (Å²) in [5, 5.41) is 15.1. The van der Waals surface area contributed by atoms with Gasteiger partial charge in [0.15, 0.2) is 5.88 Å². The smallest absolute Gasteiger partial charge is 0.337 e. The number of rotatable bonds is 6. The van der Waals surface area contributed by atoms with E-state index in [9.17, 15) is 14.7 Å². The number of hydrogen-bond acceptors (Lipinski definition) is 7. The zero-order valence-corrected chi connectivity index (χ0v) is 22.3. The van der Waals surface area contributed by atoms with Crippen molar-refractivity contribution in [2.24, 2.45) is 4.99 Å². The molecular formula is C31H31N5O4. The number of aromatic nitrogens is 1. The molecule has 0 aliphatic carbocycles. The molecule has 3 heterocycles. The first-order valence-corrected chi connectivity index (χ1v) is 13.5. The van der Waals surface area contributed by atoms with Crippen molar-refractivity contribution in [3.05, 3.63) is 89.0 Å². The van der Waals surface area contributed by atoms with Crippen LogP contribution in [0.2, 0.25) is 0 Å². The van der Waals surface area contributed by atoms with E-state index >= 15 is 0 Å². The number of amides is 1. The molecule has 4 aromatic rings. The van der Waals surface area contributed by atoms with E-state index < -0.39 is 5.97 Å². The van der Waals surface area contributed by atoms with Gasteiger partial charge in [-0.2, -0.15) is 0 Å². The lowest BCUT2D eigenvalue weighted by Crippen LogP contribution is -2.48. The number of nitrogens with zero attached hydrogens (tertiary/aromatic N) is 3. The third-order valence-electron chi connectivity index (χ3n) is 7.55. The molecule has 2 aliphatic rings. The molecule has 1 saturated heterocycles. The molecule has 0 saturated carbocycles. The van der Waals surface area contributed by atoms with E-state index in [4.69, 9.17) is 9.73 Å². The van der Waals surface area contributed by atoms with E-state index in [1.54, 1.807) is 18.2 Å². The van der Waals surface area contributed by atoms with Crippen LogP contribution in [0.4, 0.5) is 11.4 Å². The van der Waals surface area contributed by atoms with Crippen LogP contribution in [-0.2, 0) is 16.0 Å². The van der Waals surface area contributed by atoms with Gasteiger partial charge in [-0.1, -0.05) is 36.4 Å². The maximum Gasteiger partial charge on any atom is 0.337 e. The number of carbonyl (C=O) groups is 2. The van der Waals surface area contributed by atoms with Gasteiger partial charge < -0.3 is 25.0 Å². The van der Waals surface area contributed by atoms with Gasteiger partial charge in [-0.15, -0.1) is 0 Å². The molecule has 40 heavy (non-hydrogen) atoms. The maximum absolute atomic E-state index is 13.1. The first kappa shape index (κ1) is 25.8. The Morgan fingerprint density at radius 3 is 2.55 bits per heavy atom. The number of esters is 1. The van der Waals surface area contributed by atoms with Crippen molar-refractivity contribution in [2.45, 2.75) is 6.42 Å². The molecule has 0 radical (unpaired) electrons. The summed E-state index contributed by atoms with van der Waals surface area (Å²) >= 11 is 0. The molecule has 0 bridgehead atoms. The second kappa shape index (κ2) is 11.0. The first-order valence-electron chi connectivity index (χ1n) is 13.5. The van der Waals surface area contributed by atoms with Gasteiger partial charge in [-0.3, -0.25) is 9.69 Å². The highest BCUT2D eigenvalue weighted by Gasteiger charge is 2.27. The summed E-state index contributed by atoms with van der Waals surface area (Å²) in [5.74, 6) is -0.365. The second-order valence-electron chi connectivity index (χ2n) is 10.1. The Morgan fingerprint density at radius 2 is 1.77 bits per heavy atom. The molecule has 3 aromatic carbocycles. The van der Waals surface area contributed by atoms with Crippen LogP contribution in [0.1, 0.15) is 27.0 Å². The largest absolute Gasteiger partial charge is 0.494 e. The number of aliphatic imine (C=N–C) groups is 1. The summed E-state index contributed by atoms with van der Waals surface area (Å²) in [6.45, 7) is 4.67. The number of aromatic amines is 1. The molecule has 0 unspecified atom stereocenters. The molecule has 6 rings (SSSR count). The number of hydrogen-bond donors (Lipinski definition) is 3. The van der Waals surface area contributed by atoms with Gasteiger partial charge in [0.1, 0.15) is 0 Å². The molecular weight excluding hydrogens is 506 g/mol. The molecule has 9 heteroatoms. The van der Waals surface area contributed by atoms with E-state index in [0.717, 1.165) is 60.5 Å². The molecule has 1 amide bonds. The SMILES string of the molecule is COC(=O)c1ccc2c(C(=Nc3ccc4c(c3)CCN4C(=O)CN3CCNCC3)c3ccccc3)c(O)[nH]c2c1. The van der Waals surface area contributed by atoms with Crippen molar-refractivity contribution in [1.29, 1.82) is 0 Å². The van der Waals surface area contributed by atoms with Gasteiger partial charge in [-0.25, -0.2) is 9.79 Å². The van der Waals surface area contributed by atoms with E-state index in [-0.39, 0.29) is 11.8 Å². The van der Waals surface area contributed by atoms with Gasteiger partial charge in [0, 0.05) is 54.9 Å². The van der Waals surface area contributed by atoms with E-state index in [0.29, 0.717) is 35.4 Å². The van der Waals surface area contributed by atoms with Crippen LogP contribution >= 0.6 is 0 Å². The molecule has 2 aliphatic heterocycles. The van der Waals surface area contributed by atoms with Crippen LogP contribution in [0.3, 0.4) is 0 Å². The Bertz CT molecular complexity index is 1610. The number of ether oxygens (including phenoxy) is 1. The predicted octanol–water partition coefficient (Wildman–Crippen LogP) is 3.62. The Morgan fingerprint density at radius 1 is 0.975 bits per heavy atom. The summed E-state index contributed by atoms with van der Waals surface area (Å²) in [4.78, 5) is 37.2. The zero-order chi connectivity index (χ0) is 27.6. The average Bonchev–Trinajstić information content (AvgIpc) is 3.56. The number of carbonyl (C=O) groups excluding carboxylic acids is 2. The van der Waals surface area contributed by atoms with Crippen LogP contribution in [-0.4, -0.2) is 79.0 Å². The number of anilines is 1. The fourth-order valence-electron chi connectivity index (χ4n) is 5.52. The van der Waals surface area contributed by atoms with Crippen molar-refractivity contribution < 1.29 is 19.4 Å². The van der Waals surface area contributed by atoms with E-state index in [1.807, 2.05) is 53.4 Å². The van der Waals surface area contributed by atoms with Gasteiger partial charge in [-0.05, 0) is 42.3 Å². The maximum atomic E-state index is 13.1. The minimum Gasteiger partial charge on any atom is -0.494 e. The monoisotopic (exact) mass is 537 g/mol. The van der Waals surface area contributed by atoms with Crippen LogP contribution in [0.5, 0.6) is 5.88 Å². The lowest BCUT2D eigenvalue weighted by atomic mass is 10.00. The Labute approximate surface area is 232 Å². The van der Waals surface area contributed by atoms with Gasteiger partial charge in [0.05, 0.1) is 36.2 Å². The zero-order valence-electron chi connectivity index (χ0n) is 22.3. The molecule has 0 spiro atoms. The summed E-state index contributed by atoms with van der Waals surface area (Å²) < 4.78 is 4.85. The molecule has 0 atom stereocenters. The molecule has 1 fully saturated rings. The van der Waals surface area contributed by atoms with Crippen molar-refractivity contribution in [3.63, 3.8) is 0 Å². The summed E-state index contributed by atoms with van der Waals surface area (Å²) in [6.07, 6.45) is 0.765. The minimum absolute atomic E-state index is 0.0366. The van der Waals surface area contributed by atoms with Crippen molar-refractivity contribution in [3.8, 4) is 5.88 Å². The summed E-state index contributed by atoms with van der Waals surface area (Å²) in [5.41, 5.74) is 5.71. The highest BCUT2D eigenvalue weighted by molar-refractivity contribution is 6.22. The van der Waals surface area contributed by atoms with Crippen molar-refractivity contribution in [2.75, 3.05) is 51.3 Å². The highest BCUT2D eigenvalue weighted by Crippen LogP contribution is 2.35. The van der Waals surface area contributed by atoms with Gasteiger partial charge in [0.25, 0.3) is 0 Å². The van der Waals surface area contributed by atoms with Gasteiger partial charge >= 0.3 is 5.97 Å². The molecule has 3 N–H and O–H groups in total. The third kappa shape index (κ3) is 4.97. The fourth-order valence-corrected chi connectivity index (χ4v) is 5.52. The van der Waals surface area contributed by atoms with Crippen molar-refractivity contribution >= 4 is 39.9 Å². The number of H-pyrrole nitrogens is 1. The molecule has 1 aromatic heterocycles. The third-order valence-corrected chi connectivity index (χ3v) is 7.55. The Balaban J connectivity index is 1.36. The fraction of sp³-hybridized carbons (Fsp3) is 0.258. The van der Waals surface area contributed by atoms with Crippen LogP contribution in [0, 0.1) is 0 Å². The topological polar surface area (TPSA) is 110 Å². The number of methoxy groups -OCH3 is 1. The number of benzene rings is 3. The minimum atomic E-state index is -0.451. The van der Waals surface area contributed by atoms with E-state index in [2.05, 4.69) is 15.2 Å². The number of aromatic hydroxyl groups is 1. The number of piperazine rings is 1. The number of fused-ring (bicyclic) bond motifs is 2.